The molecule has 182 valence electrons. The van der Waals surface area contributed by atoms with Crippen molar-refractivity contribution in [3.63, 3.8) is 0 Å². The lowest BCUT2D eigenvalue weighted by Crippen LogP contribution is -2.49. The number of aryl methyl sites for hydroxylation is 4. The van der Waals surface area contributed by atoms with E-state index in [-0.39, 0.29) is 30.7 Å². The zero-order valence-corrected chi connectivity index (χ0v) is 21.4. The summed E-state index contributed by atoms with van der Waals surface area (Å²) in [5.41, 5.74) is 5.76. The smallest absolute Gasteiger partial charge is 0.243 e. The molecule has 35 heavy (non-hydrogen) atoms. The summed E-state index contributed by atoms with van der Waals surface area (Å²) in [4.78, 5) is 41.8. The monoisotopic (exact) mass is 489 g/mol. The first-order valence-corrected chi connectivity index (χ1v) is 12.7. The van der Waals surface area contributed by atoms with Crippen LogP contribution in [0.1, 0.15) is 46.0 Å². The minimum atomic E-state index is -0.455. The van der Waals surface area contributed by atoms with Gasteiger partial charge in [0.1, 0.15) is 0 Å². The van der Waals surface area contributed by atoms with Crippen LogP contribution in [0.4, 0.5) is 11.4 Å². The van der Waals surface area contributed by atoms with Crippen molar-refractivity contribution >= 4 is 40.4 Å². The molecule has 0 aliphatic carbocycles. The molecule has 0 spiro atoms. The molecule has 6 nitrogen and oxygen atoms in total. The average Bonchev–Trinajstić information content (AvgIpc) is 3.35. The summed E-state index contributed by atoms with van der Waals surface area (Å²) in [5.74, 6) is -0.952. The molecule has 2 aromatic carbocycles. The third-order valence-corrected chi connectivity index (χ3v) is 7.39. The van der Waals surface area contributed by atoms with Crippen molar-refractivity contribution in [1.29, 1.82) is 0 Å². The fourth-order valence-corrected chi connectivity index (χ4v) is 5.70. The predicted octanol–water partition coefficient (Wildman–Crippen LogP) is 5.22. The predicted molar refractivity (Wildman–Crippen MR) is 141 cm³/mol. The van der Waals surface area contributed by atoms with Crippen LogP contribution in [0.25, 0.3) is 0 Å². The van der Waals surface area contributed by atoms with Crippen LogP contribution in [0.3, 0.4) is 0 Å². The minimum Gasteiger partial charge on any atom is -0.347 e. The van der Waals surface area contributed by atoms with Crippen molar-refractivity contribution in [1.82, 2.24) is 5.32 Å². The highest BCUT2D eigenvalue weighted by Crippen LogP contribution is 2.41. The maximum Gasteiger partial charge on any atom is 0.243 e. The van der Waals surface area contributed by atoms with Gasteiger partial charge in [0.25, 0.3) is 0 Å². The number of benzene rings is 2. The maximum absolute atomic E-state index is 13.4. The van der Waals surface area contributed by atoms with Gasteiger partial charge in [0.05, 0.1) is 18.5 Å². The number of hydrogen-bond acceptors (Lipinski definition) is 4. The lowest BCUT2D eigenvalue weighted by molar-refractivity contribution is -0.130. The van der Waals surface area contributed by atoms with Crippen LogP contribution >= 0.6 is 11.3 Å². The van der Waals surface area contributed by atoms with Gasteiger partial charge in [0.2, 0.25) is 17.7 Å². The number of nitrogens with one attached hydrogen (secondary N) is 2. The summed E-state index contributed by atoms with van der Waals surface area (Å²) in [6, 6.07) is 15.3. The zero-order chi connectivity index (χ0) is 25.1. The fourth-order valence-electron chi connectivity index (χ4n) is 4.82. The van der Waals surface area contributed by atoms with Crippen LogP contribution in [0.2, 0.25) is 0 Å². The van der Waals surface area contributed by atoms with Gasteiger partial charge in [-0.2, -0.15) is 0 Å². The molecule has 2 N–H and O–H groups in total. The number of amides is 3. The van der Waals surface area contributed by atoms with Gasteiger partial charge in [0, 0.05) is 22.7 Å². The standard InChI is InChI=1S/C28H31N3O3S/c1-17-7-9-21(10-8-17)31-25(33)12-11-22(27(31)23-6-5-13-35-23)28(34)29-16-24(32)30-26-19(3)14-18(2)15-20(26)4/h5-10,13-15,22,27H,11-12,16H2,1-4H3,(H,29,34)(H,30,32). The molecule has 2 atom stereocenters. The Kier molecular flexibility index (Phi) is 7.36. The molecule has 1 saturated heterocycles. The molecule has 0 bridgehead atoms. The van der Waals surface area contributed by atoms with E-state index >= 15 is 0 Å². The molecule has 1 aliphatic rings. The Morgan fingerprint density at radius 3 is 2.31 bits per heavy atom. The molecule has 1 aliphatic heterocycles. The molecule has 4 rings (SSSR count). The Morgan fingerprint density at radius 1 is 1.00 bits per heavy atom. The largest absolute Gasteiger partial charge is 0.347 e. The molecule has 7 heteroatoms. The molecule has 2 unspecified atom stereocenters. The van der Waals surface area contributed by atoms with E-state index in [1.54, 1.807) is 4.90 Å². The third kappa shape index (κ3) is 5.46. The highest BCUT2D eigenvalue weighted by molar-refractivity contribution is 7.10. The van der Waals surface area contributed by atoms with E-state index in [4.69, 9.17) is 0 Å². The molecule has 3 aromatic rings. The number of thiophene rings is 1. The number of carbonyl (C=O) groups is 3. The summed E-state index contributed by atoms with van der Waals surface area (Å²) in [5, 5.41) is 7.71. The van der Waals surface area contributed by atoms with Gasteiger partial charge in [-0.25, -0.2) is 0 Å². The molecule has 0 saturated carbocycles. The highest BCUT2D eigenvalue weighted by Gasteiger charge is 2.42. The number of anilines is 2. The first-order chi connectivity index (χ1) is 16.7. The Balaban J connectivity index is 1.51. The molecule has 3 amide bonds. The molecule has 1 fully saturated rings. The van der Waals surface area contributed by atoms with Crippen molar-refractivity contribution in [3.8, 4) is 0 Å². The Bertz CT molecular complexity index is 1210. The average molecular weight is 490 g/mol. The second-order valence-electron chi connectivity index (χ2n) is 9.24. The van der Waals surface area contributed by atoms with Crippen molar-refractivity contribution in [2.75, 3.05) is 16.8 Å². The minimum absolute atomic E-state index is 0.000586. The number of carbonyl (C=O) groups excluding carboxylic acids is 3. The quantitative estimate of drug-likeness (QED) is 0.498. The first kappa shape index (κ1) is 24.7. The fraction of sp³-hybridized carbons (Fsp3) is 0.321. The number of hydrogen-bond donors (Lipinski definition) is 2. The van der Waals surface area contributed by atoms with Gasteiger partial charge in [-0.3, -0.25) is 14.4 Å². The normalized spacial score (nSPS) is 17.8. The topological polar surface area (TPSA) is 78.5 Å². The summed E-state index contributed by atoms with van der Waals surface area (Å²) in [6.07, 6.45) is 0.717. The van der Waals surface area contributed by atoms with Crippen LogP contribution in [-0.2, 0) is 14.4 Å². The van der Waals surface area contributed by atoms with Crippen LogP contribution in [0, 0.1) is 33.6 Å². The summed E-state index contributed by atoms with van der Waals surface area (Å²) in [7, 11) is 0. The lowest BCUT2D eigenvalue weighted by Gasteiger charge is -2.40. The highest BCUT2D eigenvalue weighted by atomic mass is 32.1. The van der Waals surface area contributed by atoms with Gasteiger partial charge < -0.3 is 15.5 Å². The molecule has 1 aromatic heterocycles. The van der Waals surface area contributed by atoms with Crippen molar-refractivity contribution in [2.24, 2.45) is 5.92 Å². The van der Waals surface area contributed by atoms with E-state index in [1.807, 2.05) is 81.6 Å². The molecular weight excluding hydrogens is 458 g/mol. The summed E-state index contributed by atoms with van der Waals surface area (Å²) < 4.78 is 0. The van der Waals surface area contributed by atoms with Crippen molar-refractivity contribution in [2.45, 2.75) is 46.6 Å². The van der Waals surface area contributed by atoms with E-state index in [0.29, 0.717) is 6.42 Å². The van der Waals surface area contributed by atoms with E-state index in [9.17, 15) is 14.4 Å². The van der Waals surface area contributed by atoms with Crippen LogP contribution < -0.4 is 15.5 Å². The second kappa shape index (κ2) is 10.4. The van der Waals surface area contributed by atoms with Crippen molar-refractivity contribution < 1.29 is 14.4 Å². The SMILES string of the molecule is Cc1ccc(N2C(=O)CCC(C(=O)NCC(=O)Nc3c(C)cc(C)cc3C)C2c2cccs2)cc1. The van der Waals surface area contributed by atoms with Crippen LogP contribution in [0.15, 0.2) is 53.9 Å². The lowest BCUT2D eigenvalue weighted by atomic mass is 9.86. The zero-order valence-electron chi connectivity index (χ0n) is 20.6. The van der Waals surface area contributed by atoms with Gasteiger partial charge in [0.15, 0.2) is 0 Å². The molecular formula is C28H31N3O3S. The summed E-state index contributed by atoms with van der Waals surface area (Å²) >= 11 is 1.53. The van der Waals surface area contributed by atoms with E-state index < -0.39 is 12.0 Å². The van der Waals surface area contributed by atoms with Gasteiger partial charge in [-0.1, -0.05) is 41.5 Å². The third-order valence-electron chi connectivity index (χ3n) is 6.45. The van der Waals surface area contributed by atoms with Crippen LogP contribution in [0.5, 0.6) is 0 Å². The first-order valence-electron chi connectivity index (χ1n) is 11.8. The number of piperidine rings is 1. The van der Waals surface area contributed by atoms with E-state index in [1.165, 1.54) is 11.3 Å². The van der Waals surface area contributed by atoms with Gasteiger partial charge >= 0.3 is 0 Å². The van der Waals surface area contributed by atoms with Gasteiger partial charge in [-0.15, -0.1) is 11.3 Å². The van der Waals surface area contributed by atoms with Crippen LogP contribution in [-0.4, -0.2) is 24.3 Å². The Morgan fingerprint density at radius 2 is 1.69 bits per heavy atom. The molecule has 0 radical (unpaired) electrons. The van der Waals surface area contributed by atoms with Crippen molar-refractivity contribution in [3.05, 3.63) is 81.0 Å². The van der Waals surface area contributed by atoms with E-state index in [2.05, 4.69) is 10.6 Å². The molecule has 2 heterocycles. The van der Waals surface area contributed by atoms with E-state index in [0.717, 1.165) is 38.5 Å². The summed E-state index contributed by atoms with van der Waals surface area (Å²) in [6.45, 7) is 7.80. The Hall–Kier alpha value is -3.45. The number of rotatable bonds is 6. The van der Waals surface area contributed by atoms with Gasteiger partial charge in [-0.05, 0) is 68.8 Å². The second-order valence-corrected chi connectivity index (χ2v) is 10.2. The Labute approximate surface area is 210 Å². The number of nitrogens with zero attached hydrogens (tertiary/aromatic N) is 1. The maximum atomic E-state index is 13.4.